The number of para-hydroxylation sites is 1. The van der Waals surface area contributed by atoms with Gasteiger partial charge in [-0.25, -0.2) is 13.6 Å². The molecule has 3 N–H and O–H groups in total. The van der Waals surface area contributed by atoms with E-state index in [9.17, 15) is 23.5 Å². The molecule has 2 rings (SSSR count). The van der Waals surface area contributed by atoms with E-state index >= 15 is 0 Å². The van der Waals surface area contributed by atoms with Crippen molar-refractivity contribution >= 4 is 11.9 Å². The Balaban J connectivity index is 2.14. The second-order valence-corrected chi connectivity index (χ2v) is 4.44. The van der Waals surface area contributed by atoms with Crippen LogP contribution in [0.2, 0.25) is 0 Å². The molecule has 0 fully saturated rings. The lowest BCUT2D eigenvalue weighted by atomic mass is 10.1. The SMILES string of the molecule is O=C(O)c1cccc(C(=O)NCc2ccc(F)c(F)c2)c1O. The van der Waals surface area contributed by atoms with Gasteiger partial charge in [0.25, 0.3) is 5.91 Å². The van der Waals surface area contributed by atoms with Gasteiger partial charge in [0, 0.05) is 6.54 Å². The maximum Gasteiger partial charge on any atom is 0.339 e. The number of carbonyl (C=O) groups excluding carboxylic acids is 1. The number of amides is 1. The molecule has 7 heteroatoms. The number of halogens is 2. The number of nitrogens with one attached hydrogen (secondary N) is 1. The highest BCUT2D eigenvalue weighted by atomic mass is 19.2. The Kier molecular flexibility index (Phi) is 4.36. The van der Waals surface area contributed by atoms with Gasteiger partial charge in [-0.3, -0.25) is 4.79 Å². The van der Waals surface area contributed by atoms with Crippen molar-refractivity contribution in [3.63, 3.8) is 0 Å². The smallest absolute Gasteiger partial charge is 0.339 e. The Morgan fingerprint density at radius 2 is 1.73 bits per heavy atom. The van der Waals surface area contributed by atoms with Crippen LogP contribution < -0.4 is 5.32 Å². The largest absolute Gasteiger partial charge is 0.506 e. The van der Waals surface area contributed by atoms with Gasteiger partial charge in [-0.1, -0.05) is 12.1 Å². The highest BCUT2D eigenvalue weighted by Gasteiger charge is 2.17. The number of hydrogen-bond acceptors (Lipinski definition) is 3. The molecular formula is C15H11F2NO4. The van der Waals surface area contributed by atoms with Crippen LogP contribution in [0.3, 0.4) is 0 Å². The molecule has 0 aromatic heterocycles. The van der Waals surface area contributed by atoms with Crippen molar-refractivity contribution in [2.24, 2.45) is 0 Å². The van der Waals surface area contributed by atoms with Gasteiger partial charge in [-0.15, -0.1) is 0 Å². The van der Waals surface area contributed by atoms with Gasteiger partial charge in [0.05, 0.1) is 5.56 Å². The lowest BCUT2D eigenvalue weighted by Gasteiger charge is -2.08. The third-order valence-corrected chi connectivity index (χ3v) is 2.95. The van der Waals surface area contributed by atoms with Crippen LogP contribution in [0.1, 0.15) is 26.3 Å². The number of rotatable bonds is 4. The minimum atomic E-state index is -1.37. The molecule has 0 radical (unpaired) electrons. The molecule has 0 saturated carbocycles. The first-order chi connectivity index (χ1) is 10.4. The fourth-order valence-electron chi connectivity index (χ4n) is 1.83. The molecular weight excluding hydrogens is 296 g/mol. The van der Waals surface area contributed by atoms with Crippen LogP contribution in [-0.2, 0) is 6.54 Å². The molecule has 0 spiro atoms. The Morgan fingerprint density at radius 3 is 2.36 bits per heavy atom. The Hall–Kier alpha value is -2.96. The van der Waals surface area contributed by atoms with Gasteiger partial charge < -0.3 is 15.5 Å². The lowest BCUT2D eigenvalue weighted by Crippen LogP contribution is -2.23. The van der Waals surface area contributed by atoms with Crippen molar-refractivity contribution in [1.29, 1.82) is 0 Å². The highest BCUT2D eigenvalue weighted by Crippen LogP contribution is 2.22. The normalized spacial score (nSPS) is 10.3. The molecule has 114 valence electrons. The zero-order chi connectivity index (χ0) is 16.3. The first-order valence-corrected chi connectivity index (χ1v) is 6.17. The van der Waals surface area contributed by atoms with E-state index in [-0.39, 0.29) is 12.1 Å². The Labute approximate surface area is 123 Å². The number of carbonyl (C=O) groups is 2. The van der Waals surface area contributed by atoms with E-state index in [1.165, 1.54) is 18.2 Å². The number of aromatic carboxylic acids is 1. The van der Waals surface area contributed by atoms with Crippen LogP contribution in [-0.4, -0.2) is 22.1 Å². The second-order valence-electron chi connectivity index (χ2n) is 4.44. The summed E-state index contributed by atoms with van der Waals surface area (Å²) >= 11 is 0. The predicted molar refractivity (Wildman–Crippen MR) is 72.6 cm³/mol. The fourth-order valence-corrected chi connectivity index (χ4v) is 1.83. The molecule has 2 aromatic carbocycles. The van der Waals surface area contributed by atoms with Gasteiger partial charge in [0.15, 0.2) is 11.6 Å². The van der Waals surface area contributed by atoms with Gasteiger partial charge in [0.1, 0.15) is 11.3 Å². The van der Waals surface area contributed by atoms with E-state index in [2.05, 4.69) is 5.32 Å². The first kappa shape index (κ1) is 15.4. The van der Waals surface area contributed by atoms with Gasteiger partial charge >= 0.3 is 5.97 Å². The summed E-state index contributed by atoms with van der Waals surface area (Å²) < 4.78 is 25.8. The molecule has 0 aliphatic heterocycles. The molecule has 0 heterocycles. The lowest BCUT2D eigenvalue weighted by molar-refractivity contribution is 0.0693. The van der Waals surface area contributed by atoms with Crippen LogP contribution in [0.25, 0.3) is 0 Å². The summed E-state index contributed by atoms with van der Waals surface area (Å²) in [7, 11) is 0. The van der Waals surface area contributed by atoms with Crippen LogP contribution >= 0.6 is 0 Å². The molecule has 5 nitrogen and oxygen atoms in total. The third kappa shape index (κ3) is 3.20. The molecule has 1 amide bonds. The number of carboxylic acids is 1. The quantitative estimate of drug-likeness (QED) is 0.809. The molecule has 0 aliphatic carbocycles. The van der Waals surface area contributed by atoms with E-state index in [1.54, 1.807) is 0 Å². The molecule has 22 heavy (non-hydrogen) atoms. The summed E-state index contributed by atoms with van der Waals surface area (Å²) in [4.78, 5) is 22.8. The van der Waals surface area contributed by atoms with Crippen molar-refractivity contribution in [3.05, 3.63) is 64.7 Å². The third-order valence-electron chi connectivity index (χ3n) is 2.95. The Bertz CT molecular complexity index is 746. The van der Waals surface area contributed by atoms with Crippen molar-refractivity contribution < 1.29 is 28.6 Å². The second kappa shape index (κ2) is 6.21. The monoisotopic (exact) mass is 307 g/mol. The summed E-state index contributed by atoms with van der Waals surface area (Å²) in [5, 5.41) is 21.0. The van der Waals surface area contributed by atoms with Crippen molar-refractivity contribution in [2.45, 2.75) is 6.54 Å². The summed E-state index contributed by atoms with van der Waals surface area (Å²) in [6.45, 7) is -0.104. The number of hydrogen-bond donors (Lipinski definition) is 3. The summed E-state index contributed by atoms with van der Waals surface area (Å²) in [6.07, 6.45) is 0. The van der Waals surface area contributed by atoms with Crippen molar-refractivity contribution in [2.75, 3.05) is 0 Å². The Morgan fingerprint density at radius 1 is 1.05 bits per heavy atom. The molecule has 0 unspecified atom stereocenters. The average Bonchev–Trinajstić information content (AvgIpc) is 2.48. The molecule has 0 bridgehead atoms. The molecule has 0 atom stereocenters. The zero-order valence-corrected chi connectivity index (χ0v) is 11.1. The van der Waals surface area contributed by atoms with E-state index < -0.39 is 34.8 Å². The van der Waals surface area contributed by atoms with E-state index in [0.29, 0.717) is 5.56 Å². The fraction of sp³-hybridized carbons (Fsp3) is 0.0667. The van der Waals surface area contributed by atoms with Crippen LogP contribution in [0, 0.1) is 11.6 Å². The van der Waals surface area contributed by atoms with Crippen LogP contribution in [0.15, 0.2) is 36.4 Å². The maximum absolute atomic E-state index is 13.0. The van der Waals surface area contributed by atoms with Gasteiger partial charge in [-0.05, 0) is 29.8 Å². The first-order valence-electron chi connectivity index (χ1n) is 6.17. The minimum Gasteiger partial charge on any atom is -0.506 e. The van der Waals surface area contributed by atoms with Crippen molar-refractivity contribution in [3.8, 4) is 5.75 Å². The minimum absolute atomic E-state index is 0.104. The van der Waals surface area contributed by atoms with E-state index in [4.69, 9.17) is 5.11 Å². The van der Waals surface area contributed by atoms with Gasteiger partial charge in [-0.2, -0.15) is 0 Å². The summed E-state index contributed by atoms with van der Waals surface area (Å²) in [6, 6.07) is 6.89. The molecule has 0 aliphatic rings. The number of carboxylic acid groups (broad SMARTS) is 1. The standard InChI is InChI=1S/C15H11F2NO4/c16-11-5-4-8(6-12(11)17)7-18-14(20)9-2-1-3-10(13(9)19)15(21)22/h1-6,19H,7H2,(H,18,20)(H,21,22). The predicted octanol–water partition coefficient (Wildman–Crippen LogP) is 2.30. The maximum atomic E-state index is 13.0. The summed E-state index contributed by atoms with van der Waals surface area (Å²) in [5.74, 6) is -4.79. The van der Waals surface area contributed by atoms with E-state index in [1.807, 2.05) is 0 Å². The van der Waals surface area contributed by atoms with Crippen LogP contribution in [0.5, 0.6) is 5.75 Å². The molecule has 2 aromatic rings. The number of aromatic hydroxyl groups is 1. The van der Waals surface area contributed by atoms with Crippen molar-refractivity contribution in [1.82, 2.24) is 5.32 Å². The zero-order valence-electron chi connectivity index (χ0n) is 11.1. The highest BCUT2D eigenvalue weighted by molar-refractivity contribution is 6.01. The van der Waals surface area contributed by atoms with Gasteiger partial charge in [0.2, 0.25) is 0 Å². The topological polar surface area (TPSA) is 86.6 Å². The number of phenols is 1. The molecule has 0 saturated heterocycles. The number of benzene rings is 2. The summed E-state index contributed by atoms with van der Waals surface area (Å²) in [5.41, 5.74) is -0.302. The van der Waals surface area contributed by atoms with Crippen LogP contribution in [0.4, 0.5) is 8.78 Å². The van der Waals surface area contributed by atoms with E-state index in [0.717, 1.165) is 18.2 Å². The average molecular weight is 307 g/mol.